The fraction of sp³-hybridized carbons (Fsp3) is 0.583. The van der Waals surface area contributed by atoms with Gasteiger partial charge in [0.1, 0.15) is 18.9 Å². The number of nitrogens with one attached hydrogen (secondary N) is 1. The quantitative estimate of drug-likeness (QED) is 0.565. The van der Waals surface area contributed by atoms with E-state index in [1.807, 2.05) is 0 Å². The Balaban J connectivity index is 1.89. The van der Waals surface area contributed by atoms with E-state index in [1.165, 1.54) is 17.2 Å². The van der Waals surface area contributed by atoms with Gasteiger partial charge >= 0.3 is 14.3 Å². The number of hydrogen-bond donors (Lipinski definition) is 2. The van der Waals surface area contributed by atoms with Crippen molar-refractivity contribution >= 4 is 14.3 Å². The van der Waals surface area contributed by atoms with Crippen LogP contribution in [0.1, 0.15) is 13.3 Å². The molecule has 0 bridgehead atoms. The number of hydrogen-bond acceptors (Lipinski definition) is 6. The van der Waals surface area contributed by atoms with Crippen LogP contribution in [0.3, 0.4) is 0 Å². The first-order chi connectivity index (χ1) is 10.0. The SMILES string of the molecule is C=CCO[P+](=O)OC1COC(N2C=C(C)C(O)NC2=O)C1. The smallest absolute Gasteiger partial charge is 0.370 e. The van der Waals surface area contributed by atoms with Gasteiger partial charge in [-0.1, -0.05) is 6.08 Å². The van der Waals surface area contributed by atoms with E-state index in [1.54, 1.807) is 6.92 Å². The molecule has 0 spiro atoms. The lowest BCUT2D eigenvalue weighted by Crippen LogP contribution is -2.51. The number of nitrogens with zero attached hydrogens (tertiary/aromatic N) is 1. The molecule has 0 aromatic carbocycles. The van der Waals surface area contributed by atoms with Crippen molar-refractivity contribution in [2.45, 2.75) is 31.9 Å². The van der Waals surface area contributed by atoms with E-state index in [-0.39, 0.29) is 13.2 Å². The van der Waals surface area contributed by atoms with Gasteiger partial charge < -0.3 is 15.2 Å². The lowest BCUT2D eigenvalue weighted by Gasteiger charge is -2.31. The maximum atomic E-state index is 11.8. The van der Waals surface area contributed by atoms with Crippen LogP contribution in [0.15, 0.2) is 24.4 Å². The first-order valence-electron chi connectivity index (χ1n) is 6.46. The number of amides is 2. The Bertz CT molecular complexity index is 469. The molecule has 0 radical (unpaired) electrons. The second kappa shape index (κ2) is 7.11. The normalized spacial score (nSPS) is 29.9. The van der Waals surface area contributed by atoms with Crippen molar-refractivity contribution in [2.75, 3.05) is 13.2 Å². The van der Waals surface area contributed by atoms with Crippen molar-refractivity contribution < 1.29 is 28.3 Å². The molecule has 0 aromatic heterocycles. The molecule has 2 aliphatic heterocycles. The fourth-order valence-electron chi connectivity index (χ4n) is 1.98. The molecular formula is C12H18N2O6P+. The number of carbonyl (C=O) groups excluding carboxylic acids is 1. The molecule has 4 atom stereocenters. The van der Waals surface area contributed by atoms with Gasteiger partial charge in [-0.25, -0.2) is 4.79 Å². The van der Waals surface area contributed by atoms with Crippen LogP contribution in [-0.4, -0.2) is 47.8 Å². The predicted octanol–water partition coefficient (Wildman–Crippen LogP) is 1.23. The van der Waals surface area contributed by atoms with Crippen molar-refractivity contribution in [2.24, 2.45) is 0 Å². The van der Waals surface area contributed by atoms with Crippen molar-refractivity contribution in [1.29, 1.82) is 0 Å². The third-order valence-corrected chi connectivity index (χ3v) is 3.88. The number of ether oxygens (including phenoxy) is 1. The Hall–Kier alpha value is -1.31. The highest BCUT2D eigenvalue weighted by Gasteiger charge is 2.39. The van der Waals surface area contributed by atoms with Crippen LogP contribution in [0.25, 0.3) is 0 Å². The van der Waals surface area contributed by atoms with Gasteiger partial charge in [0.2, 0.25) is 0 Å². The van der Waals surface area contributed by atoms with E-state index in [4.69, 9.17) is 13.8 Å². The number of aliphatic hydroxyl groups is 1. The third kappa shape index (κ3) is 4.09. The van der Waals surface area contributed by atoms with Crippen molar-refractivity contribution in [1.82, 2.24) is 10.2 Å². The predicted molar refractivity (Wildman–Crippen MR) is 73.1 cm³/mol. The molecular weight excluding hydrogens is 299 g/mol. The van der Waals surface area contributed by atoms with E-state index in [2.05, 4.69) is 11.9 Å². The molecule has 2 heterocycles. The summed E-state index contributed by atoms with van der Waals surface area (Å²) >= 11 is 0. The molecule has 4 unspecified atom stereocenters. The third-order valence-electron chi connectivity index (χ3n) is 3.05. The minimum absolute atomic E-state index is 0.139. The maximum absolute atomic E-state index is 11.8. The van der Waals surface area contributed by atoms with Crippen LogP contribution in [0.2, 0.25) is 0 Å². The molecule has 21 heavy (non-hydrogen) atoms. The monoisotopic (exact) mass is 317 g/mol. The number of rotatable bonds is 6. The lowest BCUT2D eigenvalue weighted by atomic mass is 10.2. The van der Waals surface area contributed by atoms with Crippen LogP contribution in [0, 0.1) is 0 Å². The van der Waals surface area contributed by atoms with Gasteiger partial charge in [-0.3, -0.25) is 4.90 Å². The summed E-state index contributed by atoms with van der Waals surface area (Å²) in [5.41, 5.74) is 0.600. The van der Waals surface area contributed by atoms with E-state index in [9.17, 15) is 14.5 Å². The van der Waals surface area contributed by atoms with E-state index < -0.39 is 32.8 Å². The topological polar surface area (TPSA) is 97.3 Å². The van der Waals surface area contributed by atoms with Crippen LogP contribution in [0.4, 0.5) is 4.79 Å². The highest BCUT2D eigenvalue weighted by atomic mass is 31.1. The summed E-state index contributed by atoms with van der Waals surface area (Å²) in [5.74, 6) is 0. The van der Waals surface area contributed by atoms with Gasteiger partial charge in [0, 0.05) is 17.2 Å². The zero-order valence-electron chi connectivity index (χ0n) is 11.6. The van der Waals surface area contributed by atoms with Crippen molar-refractivity contribution in [3.05, 3.63) is 24.4 Å². The second-order valence-electron chi connectivity index (χ2n) is 4.69. The summed E-state index contributed by atoms with van der Waals surface area (Å²) in [4.78, 5) is 13.2. The van der Waals surface area contributed by atoms with Gasteiger partial charge in [0.25, 0.3) is 0 Å². The fourth-order valence-corrected chi connectivity index (χ4v) is 2.66. The first kappa shape index (κ1) is 16.1. The Kier molecular flexibility index (Phi) is 5.44. The Morgan fingerprint density at radius 2 is 2.48 bits per heavy atom. The first-order valence-corrected chi connectivity index (χ1v) is 7.55. The summed E-state index contributed by atoms with van der Waals surface area (Å²) in [6.45, 7) is 5.49. The summed E-state index contributed by atoms with van der Waals surface area (Å²) < 4.78 is 27.0. The van der Waals surface area contributed by atoms with E-state index in [0.717, 1.165) is 0 Å². The lowest BCUT2D eigenvalue weighted by molar-refractivity contribution is 0.0147. The molecule has 116 valence electrons. The largest absolute Gasteiger partial charge is 0.698 e. The number of aliphatic hydroxyl groups excluding tert-OH is 1. The summed E-state index contributed by atoms with van der Waals surface area (Å²) in [7, 11) is -2.24. The van der Waals surface area contributed by atoms with Gasteiger partial charge in [-0.2, -0.15) is 0 Å². The molecule has 9 heteroatoms. The molecule has 2 aliphatic rings. The molecule has 0 aromatic rings. The zero-order valence-corrected chi connectivity index (χ0v) is 12.5. The van der Waals surface area contributed by atoms with Crippen molar-refractivity contribution in [3.8, 4) is 0 Å². The highest BCUT2D eigenvalue weighted by Crippen LogP contribution is 2.32. The number of urea groups is 1. The molecule has 2 amide bonds. The zero-order chi connectivity index (χ0) is 15.4. The maximum Gasteiger partial charge on any atom is 0.698 e. The highest BCUT2D eigenvalue weighted by molar-refractivity contribution is 7.33. The molecule has 0 aliphatic carbocycles. The Morgan fingerprint density at radius 3 is 3.19 bits per heavy atom. The van der Waals surface area contributed by atoms with Crippen LogP contribution in [-0.2, 0) is 18.3 Å². The minimum atomic E-state index is -2.24. The van der Waals surface area contributed by atoms with E-state index >= 15 is 0 Å². The molecule has 1 saturated heterocycles. The minimum Gasteiger partial charge on any atom is -0.370 e. The summed E-state index contributed by atoms with van der Waals surface area (Å²) in [5, 5.41) is 11.9. The summed E-state index contributed by atoms with van der Waals surface area (Å²) in [6.07, 6.45) is 1.44. The average molecular weight is 317 g/mol. The standard InChI is InChI=1S/C12H17N2O6P/c1-3-4-19-21(17)20-9-5-10(18-7-9)14-6-8(2)11(15)13-12(14)16/h3,6,9-11,15H,1,4-5,7H2,2H3/p+1. The molecule has 1 fully saturated rings. The Labute approximate surface area is 123 Å². The number of carbonyl (C=O) groups is 1. The van der Waals surface area contributed by atoms with Crippen LogP contribution < -0.4 is 5.32 Å². The molecule has 2 N–H and O–H groups in total. The second-order valence-corrected chi connectivity index (χ2v) is 5.61. The van der Waals surface area contributed by atoms with Gasteiger partial charge in [0.05, 0.1) is 6.61 Å². The van der Waals surface area contributed by atoms with Gasteiger partial charge in [0.15, 0.2) is 6.23 Å². The van der Waals surface area contributed by atoms with Crippen LogP contribution >= 0.6 is 8.25 Å². The molecule has 8 nitrogen and oxygen atoms in total. The van der Waals surface area contributed by atoms with Gasteiger partial charge in [-0.15, -0.1) is 15.6 Å². The Morgan fingerprint density at radius 1 is 1.71 bits per heavy atom. The average Bonchev–Trinajstić information content (AvgIpc) is 2.88. The molecule has 2 rings (SSSR count). The molecule has 0 saturated carbocycles. The van der Waals surface area contributed by atoms with Crippen LogP contribution in [0.5, 0.6) is 0 Å². The van der Waals surface area contributed by atoms with Crippen molar-refractivity contribution in [3.63, 3.8) is 0 Å². The van der Waals surface area contributed by atoms with E-state index in [0.29, 0.717) is 12.0 Å². The summed E-state index contributed by atoms with van der Waals surface area (Å²) in [6, 6.07) is -0.453. The van der Waals surface area contributed by atoms with Gasteiger partial charge in [-0.05, 0) is 12.5 Å².